The molecular weight excluding hydrogens is 188 g/mol. The van der Waals surface area contributed by atoms with Crippen molar-refractivity contribution in [2.45, 2.75) is 0 Å². The predicted molar refractivity (Wildman–Crippen MR) is 49.8 cm³/mol. The van der Waals surface area contributed by atoms with Crippen molar-refractivity contribution in [3.05, 3.63) is 0 Å². The number of hydrogen-bond acceptors (Lipinski definition) is 4. The molecular formula is C8H16N2O4. The van der Waals surface area contributed by atoms with E-state index in [4.69, 9.17) is 4.74 Å². The number of carbonyl (C=O) groups excluding carboxylic acids is 2. The summed E-state index contributed by atoms with van der Waals surface area (Å²) in [5.74, 6) is -0.165. The molecule has 0 atom stereocenters. The molecule has 0 heterocycles. The molecule has 82 valence electrons. The molecule has 0 radical (unpaired) electrons. The van der Waals surface area contributed by atoms with E-state index in [0.717, 1.165) is 0 Å². The lowest BCUT2D eigenvalue weighted by molar-refractivity contribution is -0.124. The number of amides is 2. The molecule has 6 heteroatoms. The molecule has 0 aromatic heterocycles. The van der Waals surface area contributed by atoms with Gasteiger partial charge in [-0.1, -0.05) is 0 Å². The van der Waals surface area contributed by atoms with Gasteiger partial charge in [0.25, 0.3) is 0 Å². The summed E-state index contributed by atoms with van der Waals surface area (Å²) in [6.45, 7) is 1.86. The molecule has 0 spiro atoms. The van der Waals surface area contributed by atoms with Crippen molar-refractivity contribution < 1.29 is 19.1 Å². The van der Waals surface area contributed by atoms with Crippen molar-refractivity contribution in [3.63, 3.8) is 0 Å². The monoisotopic (exact) mass is 204 g/mol. The third-order valence-electron chi connectivity index (χ3n) is 1.32. The molecule has 0 fully saturated rings. The summed E-state index contributed by atoms with van der Waals surface area (Å²) in [5, 5.41) is 5.05. The maximum absolute atomic E-state index is 10.8. The van der Waals surface area contributed by atoms with Crippen LogP contribution in [0.1, 0.15) is 0 Å². The van der Waals surface area contributed by atoms with E-state index < -0.39 is 0 Å². The smallest absolute Gasteiger partial charge is 0.246 e. The zero-order chi connectivity index (χ0) is 10.6. The van der Waals surface area contributed by atoms with Gasteiger partial charge in [0.15, 0.2) is 0 Å². The van der Waals surface area contributed by atoms with Crippen LogP contribution < -0.4 is 10.6 Å². The van der Waals surface area contributed by atoms with Crippen molar-refractivity contribution >= 4 is 12.3 Å². The first-order chi connectivity index (χ1) is 6.81. The Bertz CT molecular complexity index is 163. The van der Waals surface area contributed by atoms with Crippen LogP contribution >= 0.6 is 0 Å². The third kappa shape index (κ3) is 8.95. The van der Waals surface area contributed by atoms with Gasteiger partial charge in [-0.3, -0.25) is 9.59 Å². The molecule has 6 nitrogen and oxygen atoms in total. The summed E-state index contributed by atoms with van der Waals surface area (Å²) in [5.41, 5.74) is 0. The third-order valence-corrected chi connectivity index (χ3v) is 1.32. The van der Waals surface area contributed by atoms with E-state index in [1.807, 2.05) is 0 Å². The lowest BCUT2D eigenvalue weighted by Gasteiger charge is -2.05. The first-order valence-corrected chi connectivity index (χ1v) is 4.31. The Morgan fingerprint density at radius 3 is 2.71 bits per heavy atom. The molecule has 0 aliphatic carbocycles. The van der Waals surface area contributed by atoms with E-state index in [2.05, 4.69) is 15.4 Å². The highest BCUT2D eigenvalue weighted by Crippen LogP contribution is 1.73. The molecule has 0 saturated carbocycles. The number of hydrogen-bond donors (Lipinski definition) is 2. The lowest BCUT2D eigenvalue weighted by Crippen LogP contribution is -2.30. The zero-order valence-corrected chi connectivity index (χ0v) is 8.25. The molecule has 0 rings (SSSR count). The van der Waals surface area contributed by atoms with Gasteiger partial charge >= 0.3 is 0 Å². The normalized spacial score (nSPS) is 9.50. The predicted octanol–water partition coefficient (Wildman–Crippen LogP) is -1.49. The molecule has 0 aromatic carbocycles. The van der Waals surface area contributed by atoms with Gasteiger partial charge in [-0.2, -0.15) is 0 Å². The minimum atomic E-state index is -0.165. The summed E-state index contributed by atoms with van der Waals surface area (Å²) >= 11 is 0. The minimum absolute atomic E-state index is 0.0622. The van der Waals surface area contributed by atoms with Crippen LogP contribution in [0.5, 0.6) is 0 Å². The average molecular weight is 204 g/mol. The Morgan fingerprint density at radius 2 is 2.07 bits per heavy atom. The number of rotatable bonds is 9. The molecule has 2 amide bonds. The van der Waals surface area contributed by atoms with Crippen LogP contribution in [0, 0.1) is 0 Å². The summed E-state index contributed by atoms with van der Waals surface area (Å²) in [6.07, 6.45) is 0.615. The second-order valence-electron chi connectivity index (χ2n) is 2.47. The van der Waals surface area contributed by atoms with Gasteiger partial charge < -0.3 is 20.1 Å². The Labute approximate surface area is 82.9 Å². The van der Waals surface area contributed by atoms with Gasteiger partial charge in [-0.15, -0.1) is 0 Å². The Balaban J connectivity index is 3.05. The van der Waals surface area contributed by atoms with Crippen LogP contribution in [0.4, 0.5) is 0 Å². The second-order valence-corrected chi connectivity index (χ2v) is 2.47. The van der Waals surface area contributed by atoms with Crippen LogP contribution in [0.2, 0.25) is 0 Å². The van der Waals surface area contributed by atoms with Crippen LogP contribution in [0.25, 0.3) is 0 Å². The highest BCUT2D eigenvalue weighted by molar-refractivity contribution is 5.77. The summed E-state index contributed by atoms with van der Waals surface area (Å²) in [6, 6.07) is 0. The first-order valence-electron chi connectivity index (χ1n) is 4.31. The van der Waals surface area contributed by atoms with E-state index >= 15 is 0 Å². The molecule has 0 saturated heterocycles. The van der Waals surface area contributed by atoms with Gasteiger partial charge in [0.2, 0.25) is 12.3 Å². The standard InChI is InChI=1S/C8H16N2O4/c1-13-6-8(12)10-3-5-14-4-2-9-7-11/h7H,2-6H2,1H3,(H,9,11)(H,10,12). The van der Waals surface area contributed by atoms with Gasteiger partial charge in [0.05, 0.1) is 13.2 Å². The number of carbonyl (C=O) groups is 2. The van der Waals surface area contributed by atoms with E-state index in [1.54, 1.807) is 0 Å². The Morgan fingerprint density at radius 1 is 1.36 bits per heavy atom. The number of ether oxygens (including phenoxy) is 2. The summed E-state index contributed by atoms with van der Waals surface area (Å²) in [4.78, 5) is 20.6. The van der Waals surface area contributed by atoms with E-state index in [-0.39, 0.29) is 12.5 Å². The maximum Gasteiger partial charge on any atom is 0.246 e. The second kappa shape index (κ2) is 9.94. The average Bonchev–Trinajstić information content (AvgIpc) is 2.17. The summed E-state index contributed by atoms with van der Waals surface area (Å²) in [7, 11) is 1.46. The zero-order valence-electron chi connectivity index (χ0n) is 8.25. The number of nitrogens with one attached hydrogen (secondary N) is 2. The minimum Gasteiger partial charge on any atom is -0.378 e. The van der Waals surface area contributed by atoms with Crippen molar-refractivity contribution in [3.8, 4) is 0 Å². The lowest BCUT2D eigenvalue weighted by atomic mass is 10.6. The van der Waals surface area contributed by atoms with Gasteiger partial charge in [-0.25, -0.2) is 0 Å². The van der Waals surface area contributed by atoms with Gasteiger partial charge in [-0.05, 0) is 0 Å². The Kier molecular flexibility index (Phi) is 9.13. The molecule has 0 aliphatic rings. The molecule has 0 aliphatic heterocycles. The van der Waals surface area contributed by atoms with Crippen LogP contribution in [-0.4, -0.2) is 52.3 Å². The molecule has 2 N–H and O–H groups in total. The molecule has 0 bridgehead atoms. The topological polar surface area (TPSA) is 76.7 Å². The Hall–Kier alpha value is -1.14. The maximum atomic E-state index is 10.8. The van der Waals surface area contributed by atoms with E-state index in [0.29, 0.717) is 32.7 Å². The fourth-order valence-electron chi connectivity index (χ4n) is 0.737. The number of methoxy groups -OCH3 is 1. The van der Waals surface area contributed by atoms with Gasteiger partial charge in [0.1, 0.15) is 6.61 Å². The van der Waals surface area contributed by atoms with E-state index in [1.165, 1.54) is 7.11 Å². The molecule has 14 heavy (non-hydrogen) atoms. The summed E-state index contributed by atoms with van der Waals surface area (Å²) < 4.78 is 9.70. The largest absolute Gasteiger partial charge is 0.378 e. The van der Waals surface area contributed by atoms with Crippen LogP contribution in [0.3, 0.4) is 0 Å². The van der Waals surface area contributed by atoms with E-state index in [9.17, 15) is 9.59 Å². The van der Waals surface area contributed by atoms with Crippen LogP contribution in [0.15, 0.2) is 0 Å². The van der Waals surface area contributed by atoms with Crippen molar-refractivity contribution in [2.24, 2.45) is 0 Å². The fraction of sp³-hybridized carbons (Fsp3) is 0.750. The first kappa shape index (κ1) is 12.9. The van der Waals surface area contributed by atoms with Crippen LogP contribution in [-0.2, 0) is 19.1 Å². The van der Waals surface area contributed by atoms with Gasteiger partial charge in [0, 0.05) is 20.2 Å². The quantitative estimate of drug-likeness (QED) is 0.354. The highest BCUT2D eigenvalue weighted by atomic mass is 16.5. The fourth-order valence-corrected chi connectivity index (χ4v) is 0.737. The SMILES string of the molecule is COCC(=O)NCCOCCNC=O. The highest BCUT2D eigenvalue weighted by Gasteiger charge is 1.97. The van der Waals surface area contributed by atoms with Crippen molar-refractivity contribution in [1.29, 1.82) is 0 Å². The van der Waals surface area contributed by atoms with Crippen molar-refractivity contribution in [2.75, 3.05) is 40.0 Å². The van der Waals surface area contributed by atoms with Crippen molar-refractivity contribution in [1.82, 2.24) is 10.6 Å². The molecule has 0 aromatic rings. The molecule has 0 unspecified atom stereocenters.